The van der Waals surface area contributed by atoms with Crippen LogP contribution in [-0.4, -0.2) is 33.0 Å². The van der Waals surface area contributed by atoms with Crippen molar-refractivity contribution in [1.82, 2.24) is 14.7 Å². The van der Waals surface area contributed by atoms with Gasteiger partial charge in [-0.3, -0.25) is 14.3 Å². The van der Waals surface area contributed by atoms with E-state index in [9.17, 15) is 9.59 Å². The highest BCUT2D eigenvalue weighted by molar-refractivity contribution is 6.30. The molecule has 0 fully saturated rings. The quantitative estimate of drug-likeness (QED) is 0.735. The maximum atomic E-state index is 13.0. The van der Waals surface area contributed by atoms with Crippen molar-refractivity contribution in [2.24, 2.45) is 5.73 Å². The Kier molecular flexibility index (Phi) is 4.65. The van der Waals surface area contributed by atoms with E-state index >= 15 is 0 Å². The third-order valence-corrected chi connectivity index (χ3v) is 5.15. The Hall–Kier alpha value is -3.12. The van der Waals surface area contributed by atoms with Gasteiger partial charge in [0, 0.05) is 29.2 Å². The van der Waals surface area contributed by atoms with Crippen LogP contribution in [0.2, 0.25) is 5.02 Å². The van der Waals surface area contributed by atoms with Crippen molar-refractivity contribution in [2.45, 2.75) is 19.5 Å². The zero-order valence-corrected chi connectivity index (χ0v) is 16.1. The first-order chi connectivity index (χ1) is 13.4. The summed E-state index contributed by atoms with van der Waals surface area (Å²) in [6, 6.07) is 16.3. The van der Waals surface area contributed by atoms with Gasteiger partial charge < -0.3 is 10.6 Å². The molecule has 1 aliphatic rings. The van der Waals surface area contributed by atoms with Crippen molar-refractivity contribution in [3.63, 3.8) is 0 Å². The summed E-state index contributed by atoms with van der Waals surface area (Å²) in [6.45, 7) is 3.06. The summed E-state index contributed by atoms with van der Waals surface area (Å²) in [5.41, 5.74) is 8.91. The fourth-order valence-electron chi connectivity index (χ4n) is 3.42. The summed E-state index contributed by atoms with van der Waals surface area (Å²) >= 11 is 5.96. The minimum Gasteiger partial charge on any atom is -0.366 e. The number of aromatic nitrogens is 2. The molecule has 0 saturated carbocycles. The molecule has 6 nitrogen and oxygen atoms in total. The molecule has 0 spiro atoms. The highest BCUT2D eigenvalue weighted by atomic mass is 35.5. The van der Waals surface area contributed by atoms with Crippen molar-refractivity contribution < 1.29 is 9.59 Å². The van der Waals surface area contributed by atoms with Gasteiger partial charge in [0.2, 0.25) is 5.91 Å². The highest BCUT2D eigenvalue weighted by Crippen LogP contribution is 2.28. The predicted octanol–water partition coefficient (Wildman–Crippen LogP) is 3.52. The number of amides is 2. The van der Waals surface area contributed by atoms with E-state index in [-0.39, 0.29) is 11.9 Å². The number of hydrogen-bond acceptors (Lipinski definition) is 3. The summed E-state index contributed by atoms with van der Waals surface area (Å²) in [6.07, 6.45) is 0. The Bertz CT molecular complexity index is 1040. The van der Waals surface area contributed by atoms with Gasteiger partial charge in [0.1, 0.15) is 5.69 Å². The van der Waals surface area contributed by atoms with Crippen molar-refractivity contribution in [3.05, 3.63) is 76.4 Å². The summed E-state index contributed by atoms with van der Waals surface area (Å²) in [4.78, 5) is 26.0. The van der Waals surface area contributed by atoms with E-state index in [2.05, 4.69) is 5.10 Å². The first kappa shape index (κ1) is 18.3. The van der Waals surface area contributed by atoms with Crippen LogP contribution in [0.15, 0.2) is 54.6 Å². The lowest BCUT2D eigenvalue weighted by Gasteiger charge is -2.31. The second kappa shape index (κ2) is 7.13. The van der Waals surface area contributed by atoms with Crippen molar-refractivity contribution in [1.29, 1.82) is 0 Å². The van der Waals surface area contributed by atoms with Crippen LogP contribution >= 0.6 is 11.6 Å². The molecule has 0 radical (unpaired) electrons. The zero-order chi connectivity index (χ0) is 19.8. The van der Waals surface area contributed by atoms with Crippen molar-refractivity contribution in [3.8, 4) is 11.3 Å². The number of halogens is 1. The summed E-state index contributed by atoms with van der Waals surface area (Å²) < 4.78 is 1.79. The first-order valence-electron chi connectivity index (χ1n) is 8.96. The average Bonchev–Trinajstić information content (AvgIpc) is 3.13. The summed E-state index contributed by atoms with van der Waals surface area (Å²) in [5, 5.41) is 5.29. The number of carbonyl (C=O) groups is 2. The molecule has 4 rings (SSSR count). The van der Waals surface area contributed by atoms with E-state index < -0.39 is 5.91 Å². The van der Waals surface area contributed by atoms with Gasteiger partial charge in [0.05, 0.1) is 11.7 Å². The summed E-state index contributed by atoms with van der Waals surface area (Å²) in [5.74, 6) is -0.530. The van der Waals surface area contributed by atoms with Gasteiger partial charge in [-0.25, -0.2) is 0 Å². The van der Waals surface area contributed by atoms with Gasteiger partial charge in [-0.1, -0.05) is 35.9 Å². The molecule has 2 amide bonds. The van der Waals surface area contributed by atoms with Crippen LogP contribution < -0.4 is 5.73 Å². The Morgan fingerprint density at radius 3 is 2.50 bits per heavy atom. The van der Waals surface area contributed by atoms with Crippen LogP contribution in [-0.2, 0) is 6.54 Å². The van der Waals surface area contributed by atoms with Crippen LogP contribution in [0, 0.1) is 0 Å². The van der Waals surface area contributed by atoms with Crippen LogP contribution in [0.25, 0.3) is 11.3 Å². The van der Waals surface area contributed by atoms with Crippen LogP contribution in [0.5, 0.6) is 0 Å². The Labute approximate surface area is 167 Å². The largest absolute Gasteiger partial charge is 0.366 e. The van der Waals surface area contributed by atoms with Gasteiger partial charge in [0.15, 0.2) is 0 Å². The summed E-state index contributed by atoms with van der Waals surface area (Å²) in [7, 11) is 0. The molecular weight excluding hydrogens is 376 g/mol. The van der Waals surface area contributed by atoms with E-state index in [1.54, 1.807) is 21.7 Å². The lowest BCUT2D eigenvalue weighted by Crippen LogP contribution is -2.41. The third-order valence-electron chi connectivity index (χ3n) is 4.90. The Morgan fingerprint density at radius 1 is 1.18 bits per heavy atom. The highest BCUT2D eigenvalue weighted by Gasteiger charge is 2.31. The molecule has 3 aromatic rings. The number of fused-ring (bicyclic) bond motifs is 1. The molecule has 2 N–H and O–H groups in total. The van der Waals surface area contributed by atoms with E-state index in [1.165, 1.54) is 0 Å². The molecule has 0 unspecified atom stereocenters. The smallest absolute Gasteiger partial charge is 0.272 e. The monoisotopic (exact) mass is 394 g/mol. The molecule has 0 saturated heterocycles. The van der Waals surface area contributed by atoms with E-state index in [0.717, 1.165) is 16.8 Å². The molecule has 1 aromatic heterocycles. The fraction of sp³-hybridized carbons (Fsp3) is 0.190. The van der Waals surface area contributed by atoms with Gasteiger partial charge in [0.25, 0.3) is 5.91 Å². The molecule has 0 bridgehead atoms. The van der Waals surface area contributed by atoms with E-state index in [0.29, 0.717) is 29.4 Å². The normalized spacial score (nSPS) is 16.1. The molecule has 1 aliphatic heterocycles. The Morgan fingerprint density at radius 2 is 1.86 bits per heavy atom. The average molecular weight is 395 g/mol. The van der Waals surface area contributed by atoms with Gasteiger partial charge in [-0.2, -0.15) is 5.10 Å². The number of primary amides is 1. The first-order valence-corrected chi connectivity index (χ1v) is 9.33. The standard InChI is InChI=1S/C21H19ClN4O2/c1-13-11-25(12-14-2-4-16(5-3-14)20(23)27)21(28)19-10-18(24-26(13)19)15-6-8-17(22)9-7-15/h2-10,13H,11-12H2,1H3,(H2,23,27)/t13-/m0/s1. The van der Waals surface area contributed by atoms with E-state index in [1.807, 2.05) is 49.4 Å². The number of carbonyl (C=O) groups excluding carboxylic acids is 2. The maximum absolute atomic E-state index is 13.0. The molecule has 28 heavy (non-hydrogen) atoms. The van der Waals surface area contributed by atoms with E-state index in [4.69, 9.17) is 17.3 Å². The lowest BCUT2D eigenvalue weighted by atomic mass is 10.1. The molecule has 1 atom stereocenters. The minimum atomic E-state index is -0.465. The number of benzene rings is 2. The number of hydrogen-bond donors (Lipinski definition) is 1. The Balaban J connectivity index is 1.59. The minimum absolute atomic E-state index is 0.0543. The molecule has 142 valence electrons. The van der Waals surface area contributed by atoms with Gasteiger partial charge >= 0.3 is 0 Å². The SMILES string of the molecule is C[C@H]1CN(Cc2ccc(C(N)=O)cc2)C(=O)c2cc(-c3ccc(Cl)cc3)nn21. The predicted molar refractivity (Wildman–Crippen MR) is 107 cm³/mol. The zero-order valence-electron chi connectivity index (χ0n) is 15.3. The second-order valence-corrected chi connectivity index (χ2v) is 7.40. The van der Waals surface area contributed by atoms with Crippen LogP contribution in [0.1, 0.15) is 39.4 Å². The van der Waals surface area contributed by atoms with Gasteiger partial charge in [-0.05, 0) is 42.8 Å². The lowest BCUT2D eigenvalue weighted by molar-refractivity contribution is 0.0651. The molecule has 7 heteroatoms. The molecule has 2 heterocycles. The van der Waals surface area contributed by atoms with Crippen LogP contribution in [0.4, 0.5) is 0 Å². The molecule has 2 aromatic carbocycles. The topological polar surface area (TPSA) is 81.2 Å². The fourth-order valence-corrected chi connectivity index (χ4v) is 3.55. The number of rotatable bonds is 4. The van der Waals surface area contributed by atoms with Crippen LogP contribution in [0.3, 0.4) is 0 Å². The molecular formula is C21H19ClN4O2. The number of nitrogens with zero attached hydrogens (tertiary/aromatic N) is 3. The molecule has 0 aliphatic carbocycles. The maximum Gasteiger partial charge on any atom is 0.272 e. The van der Waals surface area contributed by atoms with Crippen molar-refractivity contribution in [2.75, 3.05) is 6.54 Å². The second-order valence-electron chi connectivity index (χ2n) is 6.96. The number of nitrogens with two attached hydrogens (primary N) is 1. The van der Waals surface area contributed by atoms with Gasteiger partial charge in [-0.15, -0.1) is 0 Å². The third kappa shape index (κ3) is 3.39. The van der Waals surface area contributed by atoms with Crippen molar-refractivity contribution >= 4 is 23.4 Å².